The summed E-state index contributed by atoms with van der Waals surface area (Å²) < 4.78 is 5.12. The SMILES string of the molecule is Cc1ccc(-c2ccc(C(C)(C)C)cc2)c(N(c2ccccc2)c2ccc3c4cc5c(cc4n4c6ccccc6c2c34)c2ccc(N(c3ccccc3)c3cc(C)ccc3-c3ccc(C(C)(C)C)cc3)c3c4ccccc4n5c23)c1. The largest absolute Gasteiger partial charge is 0.309 e. The van der Waals surface area contributed by atoms with E-state index in [0.717, 1.165) is 34.1 Å². The van der Waals surface area contributed by atoms with Gasteiger partial charge in [-0.15, -0.1) is 0 Å². The lowest BCUT2D eigenvalue weighted by molar-refractivity contribution is 0.590. The Kier molecular flexibility index (Phi) is 10.5. The highest BCUT2D eigenvalue weighted by molar-refractivity contribution is 6.32. The molecule has 0 aliphatic heterocycles. The van der Waals surface area contributed by atoms with E-state index < -0.39 is 0 Å². The lowest BCUT2D eigenvalue weighted by Crippen LogP contribution is -2.12. The molecule has 0 amide bonds. The lowest BCUT2D eigenvalue weighted by atomic mass is 9.86. The van der Waals surface area contributed by atoms with Gasteiger partial charge in [-0.2, -0.15) is 0 Å². The van der Waals surface area contributed by atoms with Gasteiger partial charge >= 0.3 is 0 Å². The number of rotatable bonds is 8. The van der Waals surface area contributed by atoms with E-state index in [-0.39, 0.29) is 10.8 Å². The molecule has 11 aromatic carbocycles. The minimum absolute atomic E-state index is 0.0583. The van der Waals surface area contributed by atoms with E-state index in [1.807, 2.05) is 0 Å². The van der Waals surface area contributed by atoms with Crippen LogP contribution in [0.15, 0.2) is 231 Å². The Morgan fingerprint density at radius 3 is 1.06 bits per heavy atom. The normalized spacial score (nSPS) is 12.5. The van der Waals surface area contributed by atoms with E-state index in [2.05, 4.69) is 305 Å². The summed E-state index contributed by atoms with van der Waals surface area (Å²) in [6.07, 6.45) is 0. The zero-order chi connectivity index (χ0) is 54.3. The molecule has 4 heterocycles. The van der Waals surface area contributed by atoms with Crippen LogP contribution in [-0.4, -0.2) is 8.80 Å². The van der Waals surface area contributed by atoms with Gasteiger partial charge in [-0.25, -0.2) is 0 Å². The molecule has 15 rings (SSSR count). The average Bonchev–Trinajstić information content (AvgIpc) is 4.02. The van der Waals surface area contributed by atoms with Gasteiger partial charge in [0.2, 0.25) is 0 Å². The Morgan fingerprint density at radius 2 is 0.675 bits per heavy atom. The first-order valence-electron chi connectivity index (χ1n) is 28.3. The summed E-state index contributed by atoms with van der Waals surface area (Å²) in [5.74, 6) is 0. The summed E-state index contributed by atoms with van der Waals surface area (Å²) in [6.45, 7) is 18.1. The van der Waals surface area contributed by atoms with Crippen molar-refractivity contribution in [1.29, 1.82) is 0 Å². The fraction of sp³-hybridized carbons (Fsp3) is 0.132. The van der Waals surface area contributed by atoms with Gasteiger partial charge < -0.3 is 18.6 Å². The van der Waals surface area contributed by atoms with E-state index in [0.29, 0.717) is 0 Å². The van der Waals surface area contributed by atoms with Gasteiger partial charge in [-0.3, -0.25) is 0 Å². The molecule has 0 bridgehead atoms. The van der Waals surface area contributed by atoms with Crippen LogP contribution in [0.2, 0.25) is 0 Å². The molecule has 0 radical (unpaired) electrons. The zero-order valence-corrected chi connectivity index (χ0v) is 46.7. The first-order valence-corrected chi connectivity index (χ1v) is 28.3. The van der Waals surface area contributed by atoms with Crippen LogP contribution in [0.1, 0.15) is 63.8 Å². The minimum atomic E-state index is 0.0583. The first kappa shape index (κ1) is 47.8. The molecular formula is C76H62N4. The number of nitrogens with zero attached hydrogens (tertiary/aromatic N) is 4. The Morgan fingerprint density at radius 1 is 0.300 bits per heavy atom. The molecule has 0 saturated carbocycles. The Hall–Kier alpha value is -9.38. The summed E-state index contributed by atoms with van der Waals surface area (Å²) in [6, 6.07) is 86.8. The molecule has 80 heavy (non-hydrogen) atoms. The standard InChI is InChI=1S/C76H62N4/c1-47-27-37-55(49-29-33-51(34-30-49)75(3,4)5)67(43-47)77(53-19-11-9-12-20-53)65-41-39-57-61-45-70-62(46-69(61)79-63-25-17-15-23-59(63)71(65)73(57)79)58-40-42-66(72-60-24-16-18-26-64(60)80(70)74(58)72)78(54-21-13-10-14-22-54)68-44-48(2)28-38-56(68)50-31-35-52(36-32-50)76(6,7)8/h9-46H,1-8H3. The van der Waals surface area contributed by atoms with E-state index in [4.69, 9.17) is 0 Å². The van der Waals surface area contributed by atoms with E-state index in [1.54, 1.807) is 0 Å². The molecule has 4 nitrogen and oxygen atoms in total. The first-order chi connectivity index (χ1) is 38.8. The van der Waals surface area contributed by atoms with Gasteiger partial charge in [-0.05, 0) is 131 Å². The van der Waals surface area contributed by atoms with Crippen molar-refractivity contribution >= 4 is 110 Å². The Labute approximate surface area is 467 Å². The van der Waals surface area contributed by atoms with E-state index in [9.17, 15) is 0 Å². The van der Waals surface area contributed by atoms with Gasteiger partial charge in [0.05, 0.1) is 55.8 Å². The molecule has 15 aromatic rings. The molecule has 4 aromatic heterocycles. The van der Waals surface area contributed by atoms with Crippen LogP contribution < -0.4 is 9.80 Å². The maximum Gasteiger partial charge on any atom is 0.0641 e. The molecule has 0 unspecified atom stereocenters. The highest BCUT2D eigenvalue weighted by atomic mass is 15.2. The predicted molar refractivity (Wildman–Crippen MR) is 343 cm³/mol. The third kappa shape index (κ3) is 7.21. The topological polar surface area (TPSA) is 15.3 Å². The zero-order valence-electron chi connectivity index (χ0n) is 46.7. The van der Waals surface area contributed by atoms with Gasteiger partial charge in [0, 0.05) is 65.6 Å². The minimum Gasteiger partial charge on any atom is -0.309 e. The summed E-state index contributed by atoms with van der Waals surface area (Å²) in [7, 11) is 0. The number of aryl methyl sites for hydroxylation is 2. The van der Waals surface area contributed by atoms with Crippen molar-refractivity contribution in [1.82, 2.24) is 8.80 Å². The summed E-state index contributed by atoms with van der Waals surface area (Å²) in [5.41, 5.74) is 24.1. The molecule has 0 spiro atoms. The third-order valence-electron chi connectivity index (χ3n) is 17.2. The van der Waals surface area contributed by atoms with Crippen molar-refractivity contribution in [3.05, 3.63) is 253 Å². The van der Waals surface area contributed by atoms with Gasteiger partial charge in [-0.1, -0.05) is 199 Å². The predicted octanol–water partition coefficient (Wildman–Crippen LogP) is 21.5. The number of hydrogen-bond donors (Lipinski definition) is 0. The highest BCUT2D eigenvalue weighted by Gasteiger charge is 2.30. The van der Waals surface area contributed by atoms with Crippen molar-refractivity contribution in [2.75, 3.05) is 9.80 Å². The molecule has 0 saturated heterocycles. The van der Waals surface area contributed by atoms with Crippen LogP contribution in [0.3, 0.4) is 0 Å². The van der Waals surface area contributed by atoms with Gasteiger partial charge in [0.1, 0.15) is 0 Å². The second-order valence-corrected chi connectivity index (χ2v) is 24.3. The fourth-order valence-electron chi connectivity index (χ4n) is 13.3. The number of anilines is 6. The number of fused-ring (bicyclic) bond motifs is 12. The summed E-state index contributed by atoms with van der Waals surface area (Å²) in [5, 5.41) is 9.94. The van der Waals surface area contributed by atoms with Crippen LogP contribution in [0.5, 0.6) is 0 Å². The number of hydrogen-bond acceptors (Lipinski definition) is 2. The summed E-state index contributed by atoms with van der Waals surface area (Å²) in [4.78, 5) is 5.02. The van der Waals surface area contributed by atoms with Crippen LogP contribution in [-0.2, 0) is 10.8 Å². The Balaban J connectivity index is 0.978. The average molecular weight is 1030 g/mol. The van der Waals surface area contributed by atoms with Gasteiger partial charge in [0.25, 0.3) is 0 Å². The maximum absolute atomic E-state index is 2.56. The monoisotopic (exact) mass is 1030 g/mol. The van der Waals surface area contributed by atoms with Crippen molar-refractivity contribution in [2.24, 2.45) is 0 Å². The highest BCUT2D eigenvalue weighted by Crippen LogP contribution is 2.53. The summed E-state index contributed by atoms with van der Waals surface area (Å²) >= 11 is 0. The number of benzene rings is 11. The Bertz CT molecular complexity index is 4580. The van der Waals surface area contributed by atoms with Crippen LogP contribution >= 0.6 is 0 Å². The molecule has 0 N–H and O–H groups in total. The fourth-order valence-corrected chi connectivity index (χ4v) is 13.3. The van der Waals surface area contributed by atoms with E-state index >= 15 is 0 Å². The van der Waals surface area contributed by atoms with Crippen LogP contribution in [0.4, 0.5) is 34.1 Å². The van der Waals surface area contributed by atoms with Crippen molar-refractivity contribution < 1.29 is 0 Å². The second-order valence-electron chi connectivity index (χ2n) is 24.3. The molecule has 0 atom stereocenters. The van der Waals surface area contributed by atoms with E-state index in [1.165, 1.54) is 121 Å². The molecule has 4 heteroatoms. The molecule has 386 valence electrons. The number of para-hydroxylation sites is 4. The second kappa shape index (κ2) is 17.6. The van der Waals surface area contributed by atoms with Crippen LogP contribution in [0, 0.1) is 13.8 Å². The smallest absolute Gasteiger partial charge is 0.0641 e. The lowest BCUT2D eigenvalue weighted by Gasteiger charge is -2.29. The van der Waals surface area contributed by atoms with Crippen molar-refractivity contribution in [2.45, 2.75) is 66.2 Å². The molecule has 0 aliphatic rings. The van der Waals surface area contributed by atoms with Crippen LogP contribution in [0.25, 0.3) is 98.4 Å². The van der Waals surface area contributed by atoms with Crippen molar-refractivity contribution in [3.63, 3.8) is 0 Å². The quantitative estimate of drug-likeness (QED) is 0.151. The number of aromatic nitrogens is 2. The van der Waals surface area contributed by atoms with Gasteiger partial charge in [0.15, 0.2) is 0 Å². The molecule has 0 aliphatic carbocycles. The third-order valence-corrected chi connectivity index (χ3v) is 17.2. The molecule has 0 fully saturated rings. The maximum atomic E-state index is 2.56. The molecular weight excluding hydrogens is 969 g/mol. The van der Waals surface area contributed by atoms with Crippen molar-refractivity contribution in [3.8, 4) is 22.3 Å².